The zero-order valence-corrected chi connectivity index (χ0v) is 9.51. The third kappa shape index (κ3) is 2.41. The van der Waals surface area contributed by atoms with Gasteiger partial charge in [0, 0.05) is 31.5 Å². The van der Waals surface area contributed by atoms with Gasteiger partial charge in [0.15, 0.2) is 0 Å². The Labute approximate surface area is 91.3 Å². The molecule has 1 heterocycles. The van der Waals surface area contributed by atoms with Gasteiger partial charge in [0.1, 0.15) is 5.82 Å². The first kappa shape index (κ1) is 10.3. The van der Waals surface area contributed by atoms with Gasteiger partial charge < -0.3 is 10.6 Å². The normalized spacial score (nSPS) is 17.2. The number of nitrogens with one attached hydrogen (secondary N) is 2. The standard InChI is InChI=1S/C12H19N3/c1-3-12(5-6-12)9-15-10-4-7-14-11(8-10)13-2/h4,7-8H,3,5-6,9H2,1-2H3,(H2,13,14,15). The van der Waals surface area contributed by atoms with Crippen molar-refractivity contribution >= 4 is 11.5 Å². The molecule has 82 valence electrons. The molecular formula is C12H19N3. The van der Waals surface area contributed by atoms with Crippen LogP contribution in [0.5, 0.6) is 0 Å². The molecule has 0 radical (unpaired) electrons. The van der Waals surface area contributed by atoms with E-state index < -0.39 is 0 Å². The highest BCUT2D eigenvalue weighted by Gasteiger charge is 2.40. The molecule has 0 saturated heterocycles. The van der Waals surface area contributed by atoms with E-state index in [0.29, 0.717) is 5.41 Å². The monoisotopic (exact) mass is 205 g/mol. The smallest absolute Gasteiger partial charge is 0.127 e. The van der Waals surface area contributed by atoms with Crippen LogP contribution in [0.25, 0.3) is 0 Å². The average Bonchev–Trinajstić information content (AvgIpc) is 3.07. The lowest BCUT2D eigenvalue weighted by Crippen LogP contribution is -2.14. The molecule has 1 aromatic heterocycles. The second-order valence-corrected chi connectivity index (χ2v) is 4.39. The van der Waals surface area contributed by atoms with E-state index in [2.05, 4.69) is 22.5 Å². The Hall–Kier alpha value is -1.25. The number of aromatic nitrogens is 1. The van der Waals surface area contributed by atoms with Crippen LogP contribution < -0.4 is 10.6 Å². The van der Waals surface area contributed by atoms with Gasteiger partial charge in [-0.25, -0.2) is 4.98 Å². The van der Waals surface area contributed by atoms with E-state index in [1.165, 1.54) is 19.3 Å². The minimum absolute atomic E-state index is 0.586. The summed E-state index contributed by atoms with van der Waals surface area (Å²) in [5, 5.41) is 6.54. The van der Waals surface area contributed by atoms with E-state index >= 15 is 0 Å². The van der Waals surface area contributed by atoms with Crippen LogP contribution in [0.1, 0.15) is 26.2 Å². The molecule has 1 aromatic rings. The topological polar surface area (TPSA) is 37.0 Å². The Morgan fingerprint density at radius 2 is 2.27 bits per heavy atom. The number of rotatable bonds is 5. The van der Waals surface area contributed by atoms with Gasteiger partial charge in [-0.1, -0.05) is 6.92 Å². The van der Waals surface area contributed by atoms with Crippen LogP contribution in [-0.2, 0) is 0 Å². The minimum Gasteiger partial charge on any atom is -0.384 e. The molecule has 0 aromatic carbocycles. The lowest BCUT2D eigenvalue weighted by Gasteiger charge is -2.14. The van der Waals surface area contributed by atoms with E-state index in [4.69, 9.17) is 0 Å². The molecule has 1 aliphatic carbocycles. The first-order chi connectivity index (χ1) is 7.28. The molecule has 0 spiro atoms. The summed E-state index contributed by atoms with van der Waals surface area (Å²) in [6.45, 7) is 3.37. The van der Waals surface area contributed by atoms with Crippen LogP contribution in [0.2, 0.25) is 0 Å². The Kier molecular flexibility index (Phi) is 2.80. The van der Waals surface area contributed by atoms with Gasteiger partial charge in [0.2, 0.25) is 0 Å². The van der Waals surface area contributed by atoms with Gasteiger partial charge in [0.25, 0.3) is 0 Å². The SMILES string of the molecule is CCC1(CNc2ccnc(NC)c2)CC1. The molecule has 1 aliphatic rings. The summed E-state index contributed by atoms with van der Waals surface area (Å²) in [5.74, 6) is 0.918. The summed E-state index contributed by atoms with van der Waals surface area (Å²) in [6, 6.07) is 4.07. The Morgan fingerprint density at radius 3 is 2.87 bits per heavy atom. The summed E-state index contributed by atoms with van der Waals surface area (Å²) in [7, 11) is 1.89. The van der Waals surface area contributed by atoms with Crippen molar-refractivity contribution in [3.05, 3.63) is 18.3 Å². The first-order valence-corrected chi connectivity index (χ1v) is 5.66. The van der Waals surface area contributed by atoms with Crippen LogP contribution in [0, 0.1) is 5.41 Å². The number of hydrogen-bond donors (Lipinski definition) is 2. The fourth-order valence-electron chi connectivity index (χ4n) is 1.80. The van der Waals surface area contributed by atoms with E-state index in [1.807, 2.05) is 25.4 Å². The number of anilines is 2. The van der Waals surface area contributed by atoms with E-state index in [0.717, 1.165) is 18.1 Å². The lowest BCUT2D eigenvalue weighted by molar-refractivity contribution is 0.521. The summed E-state index contributed by atoms with van der Waals surface area (Å²) in [6.07, 6.45) is 5.87. The molecule has 0 atom stereocenters. The summed E-state index contributed by atoms with van der Waals surface area (Å²) >= 11 is 0. The molecule has 3 heteroatoms. The highest BCUT2D eigenvalue weighted by atomic mass is 15.0. The van der Waals surface area contributed by atoms with E-state index in [-0.39, 0.29) is 0 Å². The van der Waals surface area contributed by atoms with Crippen molar-refractivity contribution < 1.29 is 0 Å². The van der Waals surface area contributed by atoms with Gasteiger partial charge in [-0.15, -0.1) is 0 Å². The zero-order valence-electron chi connectivity index (χ0n) is 9.51. The van der Waals surface area contributed by atoms with Gasteiger partial charge in [-0.05, 0) is 30.7 Å². The molecule has 0 unspecified atom stereocenters. The highest BCUT2D eigenvalue weighted by Crippen LogP contribution is 2.48. The Morgan fingerprint density at radius 1 is 1.47 bits per heavy atom. The lowest BCUT2D eigenvalue weighted by atomic mass is 10.0. The fraction of sp³-hybridized carbons (Fsp3) is 0.583. The van der Waals surface area contributed by atoms with Crippen molar-refractivity contribution in [3.8, 4) is 0 Å². The van der Waals surface area contributed by atoms with Crippen molar-refractivity contribution in [3.63, 3.8) is 0 Å². The minimum atomic E-state index is 0.586. The van der Waals surface area contributed by atoms with Crippen molar-refractivity contribution in [2.45, 2.75) is 26.2 Å². The van der Waals surface area contributed by atoms with Crippen molar-refractivity contribution in [1.82, 2.24) is 4.98 Å². The van der Waals surface area contributed by atoms with Crippen molar-refractivity contribution in [2.75, 3.05) is 24.2 Å². The van der Waals surface area contributed by atoms with Gasteiger partial charge in [0.05, 0.1) is 0 Å². The quantitative estimate of drug-likeness (QED) is 0.776. The summed E-state index contributed by atoms with van der Waals surface area (Å²) in [5.41, 5.74) is 1.75. The van der Waals surface area contributed by atoms with Crippen LogP contribution >= 0.6 is 0 Å². The molecule has 0 aliphatic heterocycles. The molecule has 0 bridgehead atoms. The van der Waals surface area contributed by atoms with Crippen LogP contribution in [0.3, 0.4) is 0 Å². The predicted molar refractivity (Wildman–Crippen MR) is 64.2 cm³/mol. The molecule has 15 heavy (non-hydrogen) atoms. The fourth-order valence-corrected chi connectivity index (χ4v) is 1.80. The highest BCUT2D eigenvalue weighted by molar-refractivity contribution is 5.51. The maximum absolute atomic E-state index is 4.19. The Balaban J connectivity index is 1.93. The van der Waals surface area contributed by atoms with Gasteiger partial charge in [-0.3, -0.25) is 0 Å². The van der Waals surface area contributed by atoms with E-state index in [9.17, 15) is 0 Å². The molecule has 3 nitrogen and oxygen atoms in total. The zero-order chi connectivity index (χ0) is 10.7. The maximum Gasteiger partial charge on any atom is 0.127 e. The van der Waals surface area contributed by atoms with E-state index in [1.54, 1.807) is 0 Å². The van der Waals surface area contributed by atoms with Crippen molar-refractivity contribution in [1.29, 1.82) is 0 Å². The van der Waals surface area contributed by atoms with Crippen LogP contribution in [-0.4, -0.2) is 18.6 Å². The molecule has 0 amide bonds. The second kappa shape index (κ2) is 4.09. The number of pyridine rings is 1. The number of nitrogens with zero attached hydrogens (tertiary/aromatic N) is 1. The third-order valence-electron chi connectivity index (χ3n) is 3.39. The number of hydrogen-bond acceptors (Lipinski definition) is 3. The molecule has 1 fully saturated rings. The largest absolute Gasteiger partial charge is 0.384 e. The average molecular weight is 205 g/mol. The van der Waals surface area contributed by atoms with Crippen LogP contribution in [0.4, 0.5) is 11.5 Å². The first-order valence-electron chi connectivity index (χ1n) is 5.66. The second-order valence-electron chi connectivity index (χ2n) is 4.39. The molecule has 1 saturated carbocycles. The Bertz CT molecular complexity index is 331. The molecule has 2 rings (SSSR count). The predicted octanol–water partition coefficient (Wildman–Crippen LogP) is 2.73. The summed E-state index contributed by atoms with van der Waals surface area (Å²) < 4.78 is 0. The van der Waals surface area contributed by atoms with Gasteiger partial charge in [-0.2, -0.15) is 0 Å². The summed E-state index contributed by atoms with van der Waals surface area (Å²) in [4.78, 5) is 4.19. The molecule has 2 N–H and O–H groups in total. The van der Waals surface area contributed by atoms with Crippen molar-refractivity contribution in [2.24, 2.45) is 5.41 Å². The van der Waals surface area contributed by atoms with Crippen LogP contribution in [0.15, 0.2) is 18.3 Å². The maximum atomic E-state index is 4.19. The molecular weight excluding hydrogens is 186 g/mol. The van der Waals surface area contributed by atoms with Gasteiger partial charge >= 0.3 is 0 Å². The third-order valence-corrected chi connectivity index (χ3v) is 3.39.